The Morgan fingerprint density at radius 3 is 2.52 bits per heavy atom. The fourth-order valence-electron chi connectivity index (χ4n) is 2.42. The minimum Gasteiger partial charge on any atom is -0.307 e. The van der Waals surface area contributed by atoms with Crippen molar-refractivity contribution in [3.63, 3.8) is 0 Å². The Morgan fingerprint density at radius 1 is 1.19 bits per heavy atom. The number of thiazole rings is 1. The van der Waals surface area contributed by atoms with Crippen LogP contribution in [-0.4, -0.2) is 27.3 Å². The van der Waals surface area contributed by atoms with Crippen LogP contribution < -0.4 is 5.32 Å². The lowest BCUT2D eigenvalue weighted by Gasteiger charge is -2.28. The van der Waals surface area contributed by atoms with E-state index in [0.29, 0.717) is 5.25 Å². The van der Waals surface area contributed by atoms with Gasteiger partial charge in [0.2, 0.25) is 0 Å². The van der Waals surface area contributed by atoms with E-state index in [1.54, 1.807) is 0 Å². The first-order valence-corrected chi connectivity index (χ1v) is 10.8. The number of thioether (sulfide) groups is 2. The summed E-state index contributed by atoms with van der Waals surface area (Å²) in [6.45, 7) is 12.2. The van der Waals surface area contributed by atoms with E-state index in [1.165, 1.54) is 33.5 Å². The maximum Gasteiger partial charge on any atom is 0.107 e. The van der Waals surface area contributed by atoms with Crippen LogP contribution in [0.4, 0.5) is 0 Å². The minimum absolute atomic E-state index is 0.163. The Hall–Kier alpha value is 0.290. The Bertz CT molecular complexity index is 451. The average Bonchev–Trinajstić information content (AvgIpc) is 2.87. The third-order valence-corrected chi connectivity index (χ3v) is 8.19. The Kier molecular flexibility index (Phi) is 6.48. The van der Waals surface area contributed by atoms with E-state index in [1.807, 2.05) is 11.3 Å². The average molecular weight is 345 g/mol. The molecule has 0 aliphatic carbocycles. The highest BCUT2D eigenvalue weighted by atomic mass is 32.2. The highest BCUT2D eigenvalue weighted by molar-refractivity contribution is 8.06. The van der Waals surface area contributed by atoms with Crippen LogP contribution in [0.1, 0.15) is 61.9 Å². The molecule has 1 fully saturated rings. The number of hydrogen-bond acceptors (Lipinski definition) is 5. The molecule has 1 aromatic heterocycles. The molecule has 1 saturated heterocycles. The van der Waals surface area contributed by atoms with Gasteiger partial charge in [0.15, 0.2) is 0 Å². The summed E-state index contributed by atoms with van der Waals surface area (Å²) in [6.07, 6.45) is 2.29. The first-order valence-electron chi connectivity index (χ1n) is 7.91. The van der Waals surface area contributed by atoms with Gasteiger partial charge in [-0.2, -0.15) is 11.8 Å². The van der Waals surface area contributed by atoms with E-state index in [0.717, 1.165) is 18.2 Å². The van der Waals surface area contributed by atoms with Crippen LogP contribution in [0.25, 0.3) is 0 Å². The normalized spacial score (nSPS) is 23.5. The van der Waals surface area contributed by atoms with Crippen molar-refractivity contribution < 1.29 is 0 Å². The van der Waals surface area contributed by atoms with Crippen LogP contribution in [-0.2, 0) is 13.0 Å². The molecule has 1 aromatic rings. The first kappa shape index (κ1) is 17.6. The van der Waals surface area contributed by atoms with Gasteiger partial charge in [0, 0.05) is 33.7 Å². The Labute approximate surface area is 142 Å². The van der Waals surface area contributed by atoms with Crippen LogP contribution in [0.5, 0.6) is 0 Å². The van der Waals surface area contributed by atoms with Gasteiger partial charge in [0.05, 0.1) is 10.9 Å². The second kappa shape index (κ2) is 7.71. The molecule has 2 unspecified atom stereocenters. The summed E-state index contributed by atoms with van der Waals surface area (Å²) >= 11 is 6.19. The van der Waals surface area contributed by atoms with Crippen LogP contribution in [0, 0.1) is 0 Å². The standard InChI is InChI=1S/C16H28N2S3/c1-6-11-13(10-17-16(3,4)5)21-15(18-11)14-12(7-2)19-8-9-20-14/h12,14,17H,6-10H2,1-5H3. The Balaban J connectivity index is 2.15. The van der Waals surface area contributed by atoms with Crippen molar-refractivity contribution in [1.29, 1.82) is 0 Å². The molecule has 1 aliphatic heterocycles. The number of hydrogen-bond donors (Lipinski definition) is 1. The van der Waals surface area contributed by atoms with Gasteiger partial charge in [-0.25, -0.2) is 4.98 Å². The van der Waals surface area contributed by atoms with Crippen molar-refractivity contribution >= 4 is 34.9 Å². The van der Waals surface area contributed by atoms with E-state index in [9.17, 15) is 0 Å². The van der Waals surface area contributed by atoms with Gasteiger partial charge in [-0.15, -0.1) is 23.1 Å². The molecule has 2 atom stereocenters. The van der Waals surface area contributed by atoms with Crippen molar-refractivity contribution in [3.05, 3.63) is 15.6 Å². The lowest BCUT2D eigenvalue weighted by Crippen LogP contribution is -2.35. The second-order valence-electron chi connectivity index (χ2n) is 6.49. The number of nitrogens with zero attached hydrogens (tertiary/aromatic N) is 1. The van der Waals surface area contributed by atoms with Gasteiger partial charge in [0.1, 0.15) is 5.01 Å². The molecule has 2 heterocycles. The van der Waals surface area contributed by atoms with Gasteiger partial charge in [-0.3, -0.25) is 0 Å². The summed E-state index contributed by atoms with van der Waals surface area (Å²) in [5, 5.41) is 6.32. The van der Waals surface area contributed by atoms with Gasteiger partial charge in [-0.05, 0) is 33.6 Å². The molecule has 1 N–H and O–H groups in total. The fourth-order valence-corrected chi connectivity index (χ4v) is 6.93. The zero-order valence-corrected chi connectivity index (χ0v) is 16.3. The fraction of sp³-hybridized carbons (Fsp3) is 0.812. The second-order valence-corrected chi connectivity index (χ2v) is 10.2. The Morgan fingerprint density at radius 2 is 1.90 bits per heavy atom. The van der Waals surface area contributed by atoms with Crippen LogP contribution in [0.3, 0.4) is 0 Å². The van der Waals surface area contributed by atoms with Crippen molar-refractivity contribution in [2.24, 2.45) is 0 Å². The van der Waals surface area contributed by atoms with Crippen molar-refractivity contribution in [1.82, 2.24) is 10.3 Å². The molecule has 5 heteroatoms. The van der Waals surface area contributed by atoms with Crippen LogP contribution in [0.15, 0.2) is 0 Å². The molecule has 0 aromatic carbocycles. The largest absolute Gasteiger partial charge is 0.307 e. The first-order chi connectivity index (χ1) is 9.94. The summed E-state index contributed by atoms with van der Waals surface area (Å²) in [6, 6.07) is 0. The van der Waals surface area contributed by atoms with Gasteiger partial charge < -0.3 is 5.32 Å². The summed E-state index contributed by atoms with van der Waals surface area (Å²) in [7, 11) is 0. The van der Waals surface area contributed by atoms with Gasteiger partial charge >= 0.3 is 0 Å². The van der Waals surface area contributed by atoms with Crippen molar-refractivity contribution in [2.75, 3.05) is 11.5 Å². The SMILES string of the molecule is CCc1nc(C2SCCSC2CC)sc1CNC(C)(C)C. The maximum atomic E-state index is 5.00. The smallest absolute Gasteiger partial charge is 0.107 e. The maximum absolute atomic E-state index is 5.00. The highest BCUT2D eigenvalue weighted by Gasteiger charge is 2.29. The molecule has 0 bridgehead atoms. The number of nitrogens with one attached hydrogen (secondary N) is 1. The molecule has 0 radical (unpaired) electrons. The topological polar surface area (TPSA) is 24.9 Å². The third kappa shape index (κ3) is 4.88. The van der Waals surface area contributed by atoms with E-state index < -0.39 is 0 Å². The summed E-state index contributed by atoms with van der Waals surface area (Å²) in [4.78, 5) is 6.43. The van der Waals surface area contributed by atoms with Gasteiger partial charge in [-0.1, -0.05) is 13.8 Å². The molecule has 120 valence electrons. The lowest BCUT2D eigenvalue weighted by atomic mass is 10.1. The quantitative estimate of drug-likeness (QED) is 0.822. The molecular formula is C16H28N2S3. The van der Waals surface area contributed by atoms with Gasteiger partial charge in [0.25, 0.3) is 0 Å². The van der Waals surface area contributed by atoms with Crippen LogP contribution >= 0.6 is 34.9 Å². The molecular weight excluding hydrogens is 316 g/mol. The molecule has 0 amide bonds. The molecule has 2 rings (SSSR count). The van der Waals surface area contributed by atoms with Crippen LogP contribution in [0.2, 0.25) is 0 Å². The molecule has 1 aliphatic rings. The summed E-state index contributed by atoms with van der Waals surface area (Å²) in [5.74, 6) is 2.56. The molecule has 0 spiro atoms. The zero-order valence-electron chi connectivity index (χ0n) is 13.9. The van der Waals surface area contributed by atoms with E-state index in [2.05, 4.69) is 63.5 Å². The monoisotopic (exact) mass is 344 g/mol. The molecule has 21 heavy (non-hydrogen) atoms. The summed E-state index contributed by atoms with van der Waals surface area (Å²) in [5.41, 5.74) is 1.47. The molecule has 2 nitrogen and oxygen atoms in total. The number of rotatable bonds is 5. The van der Waals surface area contributed by atoms with E-state index >= 15 is 0 Å². The van der Waals surface area contributed by atoms with E-state index in [4.69, 9.17) is 4.98 Å². The predicted molar refractivity (Wildman–Crippen MR) is 99.8 cm³/mol. The highest BCUT2D eigenvalue weighted by Crippen LogP contribution is 2.45. The summed E-state index contributed by atoms with van der Waals surface area (Å²) < 4.78 is 0. The van der Waals surface area contributed by atoms with E-state index in [-0.39, 0.29) is 5.54 Å². The zero-order chi connectivity index (χ0) is 15.5. The number of aryl methyl sites for hydroxylation is 1. The third-order valence-electron chi connectivity index (χ3n) is 3.61. The van der Waals surface area contributed by atoms with Crippen molar-refractivity contribution in [2.45, 2.75) is 70.0 Å². The minimum atomic E-state index is 0.163. The number of aromatic nitrogens is 1. The lowest BCUT2D eigenvalue weighted by molar-refractivity contribution is 0.425. The molecule has 0 saturated carbocycles. The van der Waals surface area contributed by atoms with Crippen molar-refractivity contribution in [3.8, 4) is 0 Å². The predicted octanol–water partition coefficient (Wildman–Crippen LogP) is 4.89.